The zero-order valence-electron chi connectivity index (χ0n) is 12.0. The molecule has 2 rings (SSSR count). The first kappa shape index (κ1) is 14.9. The summed E-state index contributed by atoms with van der Waals surface area (Å²) < 4.78 is 0. The van der Waals surface area contributed by atoms with Crippen LogP contribution in [0.2, 0.25) is 0 Å². The second-order valence-corrected chi connectivity index (χ2v) is 5.04. The molecule has 0 bridgehead atoms. The minimum absolute atomic E-state index is 0.196. The molecule has 0 saturated carbocycles. The van der Waals surface area contributed by atoms with E-state index in [0.717, 1.165) is 4.90 Å². The smallest absolute Gasteiger partial charge is 0.262 e. The predicted octanol–water partition coefficient (Wildman–Crippen LogP) is 0.765. The highest BCUT2D eigenvalue weighted by atomic mass is 16.2. The van der Waals surface area contributed by atoms with Crippen molar-refractivity contribution < 1.29 is 19.2 Å². The molecular formula is C15H16N2O4. The summed E-state index contributed by atoms with van der Waals surface area (Å²) in [5, 5.41) is 2.49. The van der Waals surface area contributed by atoms with E-state index in [4.69, 9.17) is 0 Å². The predicted molar refractivity (Wildman–Crippen MR) is 74.7 cm³/mol. The standard InChI is InChI=1S/C15H16N2O4/c1-8(10(3)18)16-13(19)9(2)17-14(20)11-6-4-5-7-12(11)15(17)21/h4-9H,1-3H3,(H,16,19)/t8-,9+/m1/s1. The van der Waals surface area contributed by atoms with Gasteiger partial charge in [0, 0.05) is 0 Å². The lowest BCUT2D eigenvalue weighted by Crippen LogP contribution is -2.51. The maximum Gasteiger partial charge on any atom is 0.262 e. The average Bonchev–Trinajstić information content (AvgIpc) is 2.70. The van der Waals surface area contributed by atoms with Crippen molar-refractivity contribution in [2.45, 2.75) is 32.9 Å². The second kappa shape index (κ2) is 5.47. The van der Waals surface area contributed by atoms with Gasteiger partial charge in [-0.3, -0.25) is 24.1 Å². The van der Waals surface area contributed by atoms with Crippen molar-refractivity contribution in [2.24, 2.45) is 0 Å². The van der Waals surface area contributed by atoms with Crippen LogP contribution < -0.4 is 5.32 Å². The topological polar surface area (TPSA) is 83.6 Å². The highest BCUT2D eigenvalue weighted by molar-refractivity contribution is 6.22. The molecule has 0 spiro atoms. The molecule has 21 heavy (non-hydrogen) atoms. The quantitative estimate of drug-likeness (QED) is 0.829. The number of carbonyl (C=O) groups excluding carboxylic acids is 4. The van der Waals surface area contributed by atoms with Gasteiger partial charge in [-0.1, -0.05) is 12.1 Å². The first-order valence-corrected chi connectivity index (χ1v) is 6.62. The molecule has 1 aliphatic heterocycles. The molecule has 0 radical (unpaired) electrons. The first-order valence-electron chi connectivity index (χ1n) is 6.62. The van der Waals surface area contributed by atoms with Crippen LogP contribution in [0.3, 0.4) is 0 Å². The number of hydrogen-bond donors (Lipinski definition) is 1. The number of nitrogens with one attached hydrogen (secondary N) is 1. The maximum absolute atomic E-state index is 12.2. The molecule has 6 heteroatoms. The largest absolute Gasteiger partial charge is 0.345 e. The summed E-state index contributed by atoms with van der Waals surface area (Å²) in [6.07, 6.45) is 0. The number of imide groups is 1. The van der Waals surface area contributed by atoms with Crippen LogP contribution in [0.25, 0.3) is 0 Å². The Bertz CT molecular complexity index is 603. The number of carbonyl (C=O) groups is 4. The molecule has 6 nitrogen and oxygen atoms in total. The number of rotatable bonds is 4. The Morgan fingerprint density at radius 1 is 1.05 bits per heavy atom. The zero-order chi connectivity index (χ0) is 15.7. The van der Waals surface area contributed by atoms with Crippen LogP contribution in [-0.2, 0) is 9.59 Å². The highest BCUT2D eigenvalue weighted by Crippen LogP contribution is 2.24. The van der Waals surface area contributed by atoms with E-state index in [1.807, 2.05) is 0 Å². The van der Waals surface area contributed by atoms with Crippen molar-refractivity contribution in [1.82, 2.24) is 10.2 Å². The molecule has 1 heterocycles. The summed E-state index contributed by atoms with van der Waals surface area (Å²) in [4.78, 5) is 48.6. The molecule has 110 valence electrons. The SMILES string of the molecule is CC(=O)[C@@H](C)NC(=O)[C@H](C)N1C(=O)c2ccccc2C1=O. The first-order chi connectivity index (χ1) is 9.84. The van der Waals surface area contributed by atoms with Gasteiger partial charge in [0.15, 0.2) is 5.78 Å². The van der Waals surface area contributed by atoms with Gasteiger partial charge in [-0.05, 0) is 32.9 Å². The van der Waals surface area contributed by atoms with Crippen LogP contribution in [0.15, 0.2) is 24.3 Å². The van der Waals surface area contributed by atoms with E-state index in [9.17, 15) is 19.2 Å². The van der Waals surface area contributed by atoms with E-state index in [1.165, 1.54) is 13.8 Å². The van der Waals surface area contributed by atoms with Gasteiger partial charge in [0.1, 0.15) is 6.04 Å². The van der Waals surface area contributed by atoms with Crippen LogP contribution in [0.4, 0.5) is 0 Å². The maximum atomic E-state index is 12.2. The van der Waals surface area contributed by atoms with Crippen molar-refractivity contribution >= 4 is 23.5 Å². The number of hydrogen-bond acceptors (Lipinski definition) is 4. The molecule has 1 aromatic rings. The highest BCUT2D eigenvalue weighted by Gasteiger charge is 2.40. The molecule has 3 amide bonds. The Morgan fingerprint density at radius 2 is 1.52 bits per heavy atom. The third-order valence-corrected chi connectivity index (χ3v) is 3.56. The Balaban J connectivity index is 2.20. The van der Waals surface area contributed by atoms with Gasteiger partial charge in [0.25, 0.3) is 11.8 Å². The lowest BCUT2D eigenvalue weighted by atomic mass is 10.1. The van der Waals surface area contributed by atoms with Crippen LogP contribution in [0.1, 0.15) is 41.5 Å². The number of ketones is 1. The van der Waals surface area contributed by atoms with Crippen LogP contribution in [0.5, 0.6) is 0 Å². The van der Waals surface area contributed by atoms with E-state index in [1.54, 1.807) is 31.2 Å². The Labute approximate surface area is 122 Å². The molecular weight excluding hydrogens is 272 g/mol. The van der Waals surface area contributed by atoms with E-state index < -0.39 is 29.8 Å². The summed E-state index contributed by atoms with van der Waals surface area (Å²) in [7, 11) is 0. The fourth-order valence-electron chi connectivity index (χ4n) is 2.11. The zero-order valence-corrected chi connectivity index (χ0v) is 12.0. The summed E-state index contributed by atoms with van der Waals surface area (Å²) in [5.74, 6) is -1.72. The number of nitrogens with zero attached hydrogens (tertiary/aromatic N) is 1. The van der Waals surface area contributed by atoms with Crippen molar-refractivity contribution in [3.8, 4) is 0 Å². The summed E-state index contributed by atoms with van der Waals surface area (Å²) in [6.45, 7) is 4.37. The van der Waals surface area contributed by atoms with Gasteiger partial charge in [0.2, 0.25) is 5.91 Å². The van der Waals surface area contributed by atoms with Crippen LogP contribution in [0, 0.1) is 0 Å². The minimum Gasteiger partial charge on any atom is -0.345 e. The van der Waals surface area contributed by atoms with E-state index >= 15 is 0 Å². The molecule has 0 saturated heterocycles. The summed E-state index contributed by atoms with van der Waals surface area (Å²) >= 11 is 0. The Morgan fingerprint density at radius 3 is 1.95 bits per heavy atom. The molecule has 0 fully saturated rings. The van der Waals surface area contributed by atoms with Crippen molar-refractivity contribution in [2.75, 3.05) is 0 Å². The van der Waals surface area contributed by atoms with Gasteiger partial charge in [0.05, 0.1) is 17.2 Å². The third-order valence-electron chi connectivity index (χ3n) is 3.56. The van der Waals surface area contributed by atoms with Gasteiger partial charge < -0.3 is 5.32 Å². The molecule has 1 N–H and O–H groups in total. The average molecular weight is 288 g/mol. The molecule has 1 aromatic carbocycles. The van der Waals surface area contributed by atoms with Gasteiger partial charge >= 0.3 is 0 Å². The second-order valence-electron chi connectivity index (χ2n) is 5.04. The van der Waals surface area contributed by atoms with E-state index in [-0.39, 0.29) is 5.78 Å². The minimum atomic E-state index is -0.973. The fourth-order valence-corrected chi connectivity index (χ4v) is 2.11. The van der Waals surface area contributed by atoms with Gasteiger partial charge in [-0.2, -0.15) is 0 Å². The van der Waals surface area contributed by atoms with Crippen molar-refractivity contribution in [3.05, 3.63) is 35.4 Å². The van der Waals surface area contributed by atoms with Crippen molar-refractivity contribution in [3.63, 3.8) is 0 Å². The monoisotopic (exact) mass is 288 g/mol. The number of benzene rings is 1. The van der Waals surface area contributed by atoms with Gasteiger partial charge in [-0.25, -0.2) is 0 Å². The van der Waals surface area contributed by atoms with Gasteiger partial charge in [-0.15, -0.1) is 0 Å². The summed E-state index contributed by atoms with van der Waals surface area (Å²) in [5.41, 5.74) is 0.587. The number of Topliss-reactive ketones (excluding diaryl/α,β-unsaturated/α-hetero) is 1. The summed E-state index contributed by atoms with van der Waals surface area (Å²) in [6, 6.07) is 4.80. The lowest BCUT2D eigenvalue weighted by Gasteiger charge is -2.23. The molecule has 0 unspecified atom stereocenters. The molecule has 1 aliphatic rings. The number of amides is 3. The normalized spacial score (nSPS) is 16.4. The molecule has 2 atom stereocenters. The molecule has 0 aromatic heterocycles. The van der Waals surface area contributed by atoms with E-state index in [2.05, 4.69) is 5.32 Å². The fraction of sp³-hybridized carbons (Fsp3) is 0.333. The molecule has 0 aliphatic carbocycles. The van der Waals surface area contributed by atoms with Crippen molar-refractivity contribution in [1.29, 1.82) is 0 Å². The number of fused-ring (bicyclic) bond motifs is 1. The third kappa shape index (κ3) is 2.56. The Kier molecular flexibility index (Phi) is 3.88. The Hall–Kier alpha value is -2.50. The lowest BCUT2D eigenvalue weighted by molar-refractivity contribution is -0.128. The van der Waals surface area contributed by atoms with Crippen LogP contribution in [-0.4, -0.2) is 40.5 Å². The van der Waals surface area contributed by atoms with E-state index in [0.29, 0.717) is 11.1 Å². The van der Waals surface area contributed by atoms with Crippen LogP contribution >= 0.6 is 0 Å².